The molecule has 4 aromatic rings. The molecule has 0 radical (unpaired) electrons. The highest BCUT2D eigenvalue weighted by Crippen LogP contribution is 2.32. The number of rotatable bonds is 6. The van der Waals surface area contributed by atoms with E-state index < -0.39 is 5.97 Å². The number of hydrogen-bond acceptors (Lipinski definition) is 5. The van der Waals surface area contributed by atoms with Crippen LogP contribution in [-0.2, 0) is 22.6 Å². The van der Waals surface area contributed by atoms with Gasteiger partial charge in [-0.2, -0.15) is 0 Å². The van der Waals surface area contributed by atoms with Crippen molar-refractivity contribution in [3.8, 4) is 0 Å². The first-order valence-electron chi connectivity index (χ1n) is 9.64. The van der Waals surface area contributed by atoms with Gasteiger partial charge in [0.25, 0.3) is 0 Å². The van der Waals surface area contributed by atoms with E-state index in [0.717, 1.165) is 28.6 Å². The number of carbonyl (C=O) groups is 2. The van der Waals surface area contributed by atoms with Crippen LogP contribution in [0.15, 0.2) is 60.0 Å². The molecule has 0 saturated carbocycles. The van der Waals surface area contributed by atoms with Gasteiger partial charge in [-0.1, -0.05) is 43.3 Å². The Morgan fingerprint density at radius 3 is 2.67 bits per heavy atom. The zero-order valence-electron chi connectivity index (χ0n) is 16.7. The number of benzene rings is 2. The molecule has 7 heteroatoms. The molecular formula is C23H21N3O3S. The molecule has 0 aliphatic carbocycles. The van der Waals surface area contributed by atoms with Crippen LogP contribution in [-0.4, -0.2) is 21.8 Å². The third kappa shape index (κ3) is 3.97. The zero-order chi connectivity index (χ0) is 21.1. The molecule has 1 N–H and O–H groups in total. The molecule has 2 aromatic carbocycles. The van der Waals surface area contributed by atoms with Crippen LogP contribution in [0.3, 0.4) is 0 Å². The SMILES string of the molecule is CCc1ccccc1N(C(C)=O)c1nc(COC(=O)c2cc3ccccc3[nH]2)cs1. The minimum atomic E-state index is -0.444. The highest BCUT2D eigenvalue weighted by molar-refractivity contribution is 7.14. The number of aryl methyl sites for hydroxylation is 1. The third-order valence-corrected chi connectivity index (χ3v) is 5.63. The molecule has 0 spiro atoms. The number of esters is 1. The van der Waals surface area contributed by atoms with Gasteiger partial charge in [0.05, 0.1) is 11.4 Å². The van der Waals surface area contributed by atoms with Crippen LogP contribution < -0.4 is 4.90 Å². The summed E-state index contributed by atoms with van der Waals surface area (Å²) in [4.78, 5) is 34.0. The van der Waals surface area contributed by atoms with Crippen LogP contribution in [0.4, 0.5) is 10.8 Å². The van der Waals surface area contributed by atoms with E-state index in [1.54, 1.807) is 16.3 Å². The van der Waals surface area contributed by atoms with E-state index in [1.807, 2.05) is 55.5 Å². The fourth-order valence-corrected chi connectivity index (χ4v) is 4.17. The maximum absolute atomic E-state index is 12.4. The molecule has 0 unspecified atom stereocenters. The zero-order valence-corrected chi connectivity index (χ0v) is 17.5. The summed E-state index contributed by atoms with van der Waals surface area (Å²) < 4.78 is 5.42. The summed E-state index contributed by atoms with van der Waals surface area (Å²) in [6.07, 6.45) is 0.806. The van der Waals surface area contributed by atoms with Gasteiger partial charge < -0.3 is 9.72 Å². The van der Waals surface area contributed by atoms with Gasteiger partial charge in [-0.05, 0) is 30.2 Å². The topological polar surface area (TPSA) is 75.3 Å². The first-order valence-corrected chi connectivity index (χ1v) is 10.5. The number of nitrogens with zero attached hydrogens (tertiary/aromatic N) is 2. The Labute approximate surface area is 178 Å². The summed E-state index contributed by atoms with van der Waals surface area (Å²) >= 11 is 1.35. The number of fused-ring (bicyclic) bond motifs is 1. The van der Waals surface area contributed by atoms with Crippen LogP contribution in [0.25, 0.3) is 10.9 Å². The molecule has 0 atom stereocenters. The number of para-hydroxylation sites is 2. The smallest absolute Gasteiger partial charge is 0.355 e. The van der Waals surface area contributed by atoms with Gasteiger partial charge in [-0.25, -0.2) is 9.78 Å². The van der Waals surface area contributed by atoms with Crippen LogP contribution in [0, 0.1) is 0 Å². The number of amides is 1. The van der Waals surface area contributed by atoms with Crippen molar-refractivity contribution in [3.63, 3.8) is 0 Å². The molecular weight excluding hydrogens is 398 g/mol. The number of anilines is 2. The molecule has 2 heterocycles. The molecule has 2 aromatic heterocycles. The Balaban J connectivity index is 1.50. The molecule has 0 bridgehead atoms. The van der Waals surface area contributed by atoms with Crippen molar-refractivity contribution >= 4 is 44.9 Å². The number of H-pyrrole nitrogens is 1. The molecule has 0 aliphatic rings. The van der Waals surface area contributed by atoms with Crippen molar-refractivity contribution in [2.75, 3.05) is 4.90 Å². The number of aromatic amines is 1. The fraction of sp³-hybridized carbons (Fsp3) is 0.174. The highest BCUT2D eigenvalue weighted by Gasteiger charge is 2.20. The summed E-state index contributed by atoms with van der Waals surface area (Å²) in [5.41, 5.74) is 3.76. The van der Waals surface area contributed by atoms with E-state index in [1.165, 1.54) is 18.3 Å². The van der Waals surface area contributed by atoms with E-state index >= 15 is 0 Å². The molecule has 30 heavy (non-hydrogen) atoms. The Bertz CT molecular complexity index is 1180. The molecule has 0 aliphatic heterocycles. The van der Waals surface area contributed by atoms with Crippen molar-refractivity contribution in [1.82, 2.24) is 9.97 Å². The van der Waals surface area contributed by atoms with E-state index in [4.69, 9.17) is 4.74 Å². The van der Waals surface area contributed by atoms with Crippen molar-refractivity contribution in [2.24, 2.45) is 0 Å². The highest BCUT2D eigenvalue weighted by atomic mass is 32.1. The van der Waals surface area contributed by atoms with Crippen molar-refractivity contribution in [3.05, 3.63) is 76.9 Å². The number of hydrogen-bond donors (Lipinski definition) is 1. The van der Waals surface area contributed by atoms with E-state index in [0.29, 0.717) is 16.5 Å². The second kappa shape index (κ2) is 8.51. The average Bonchev–Trinajstić information content (AvgIpc) is 3.39. The lowest BCUT2D eigenvalue weighted by Gasteiger charge is -2.20. The number of thiazole rings is 1. The van der Waals surface area contributed by atoms with Crippen molar-refractivity contribution in [2.45, 2.75) is 26.9 Å². The molecule has 0 saturated heterocycles. The van der Waals surface area contributed by atoms with Gasteiger partial charge in [0, 0.05) is 23.2 Å². The predicted octanol–water partition coefficient (Wildman–Crippen LogP) is 5.23. The maximum atomic E-state index is 12.4. The van der Waals surface area contributed by atoms with Crippen LogP contribution in [0.5, 0.6) is 0 Å². The van der Waals surface area contributed by atoms with E-state index in [2.05, 4.69) is 9.97 Å². The van der Waals surface area contributed by atoms with Gasteiger partial charge in [0.15, 0.2) is 5.13 Å². The second-order valence-electron chi connectivity index (χ2n) is 6.80. The van der Waals surface area contributed by atoms with Crippen LogP contribution >= 0.6 is 11.3 Å². The molecule has 6 nitrogen and oxygen atoms in total. The maximum Gasteiger partial charge on any atom is 0.355 e. The minimum absolute atomic E-state index is 0.0336. The molecule has 0 fully saturated rings. The lowest BCUT2D eigenvalue weighted by Crippen LogP contribution is -2.23. The Morgan fingerprint density at radius 1 is 1.13 bits per heavy atom. The van der Waals surface area contributed by atoms with Gasteiger partial charge in [0.1, 0.15) is 12.3 Å². The molecule has 4 rings (SSSR count). The predicted molar refractivity (Wildman–Crippen MR) is 118 cm³/mol. The lowest BCUT2D eigenvalue weighted by molar-refractivity contribution is -0.115. The van der Waals surface area contributed by atoms with E-state index in [-0.39, 0.29) is 12.5 Å². The Hall–Kier alpha value is -3.45. The van der Waals surface area contributed by atoms with E-state index in [9.17, 15) is 9.59 Å². The van der Waals surface area contributed by atoms with Gasteiger partial charge in [-0.3, -0.25) is 9.69 Å². The molecule has 152 valence electrons. The standard InChI is InChI=1S/C23H21N3O3S/c1-3-16-8-5-7-11-21(16)26(15(2)27)23-24-18(14-30-23)13-29-22(28)20-12-17-9-4-6-10-19(17)25-20/h4-12,14,25H,3,13H2,1-2H3. The Kier molecular flexibility index (Phi) is 5.63. The average molecular weight is 420 g/mol. The second-order valence-corrected chi connectivity index (χ2v) is 7.64. The number of aromatic nitrogens is 2. The summed E-state index contributed by atoms with van der Waals surface area (Å²) in [5, 5.41) is 3.31. The Morgan fingerprint density at radius 2 is 1.90 bits per heavy atom. The van der Waals surface area contributed by atoms with Crippen molar-refractivity contribution in [1.29, 1.82) is 0 Å². The van der Waals surface area contributed by atoms with Crippen LogP contribution in [0.1, 0.15) is 35.6 Å². The normalized spacial score (nSPS) is 10.9. The summed E-state index contributed by atoms with van der Waals surface area (Å²) in [5.74, 6) is -0.563. The number of ether oxygens (including phenoxy) is 1. The minimum Gasteiger partial charge on any atom is -0.454 e. The first-order chi connectivity index (χ1) is 14.6. The van der Waals surface area contributed by atoms with Crippen LogP contribution in [0.2, 0.25) is 0 Å². The summed E-state index contributed by atoms with van der Waals surface area (Å²) in [6.45, 7) is 3.60. The van der Waals surface area contributed by atoms with Crippen molar-refractivity contribution < 1.29 is 14.3 Å². The number of carbonyl (C=O) groups excluding carboxylic acids is 2. The summed E-state index contributed by atoms with van der Waals surface area (Å²) in [6, 6.07) is 17.2. The first kappa shape index (κ1) is 19.8. The lowest BCUT2D eigenvalue weighted by atomic mass is 10.1. The van der Waals surface area contributed by atoms with Gasteiger partial charge in [0.2, 0.25) is 5.91 Å². The molecule has 1 amide bonds. The third-order valence-electron chi connectivity index (χ3n) is 4.76. The largest absolute Gasteiger partial charge is 0.454 e. The quantitative estimate of drug-likeness (QED) is 0.434. The number of nitrogens with one attached hydrogen (secondary N) is 1. The van der Waals surface area contributed by atoms with Gasteiger partial charge >= 0.3 is 5.97 Å². The summed E-state index contributed by atoms with van der Waals surface area (Å²) in [7, 11) is 0. The monoisotopic (exact) mass is 419 g/mol. The van der Waals surface area contributed by atoms with Gasteiger partial charge in [-0.15, -0.1) is 11.3 Å². The fourth-order valence-electron chi connectivity index (χ4n) is 3.30.